The highest BCUT2D eigenvalue weighted by atomic mass is 19.1. The molecule has 0 saturated carbocycles. The first kappa shape index (κ1) is 20.0. The first-order valence-electron chi connectivity index (χ1n) is 9.14. The number of fused-ring (bicyclic) bond motifs is 1. The van der Waals surface area contributed by atoms with Crippen molar-refractivity contribution in [3.05, 3.63) is 80.9 Å². The van der Waals surface area contributed by atoms with E-state index in [9.17, 15) is 24.2 Å². The van der Waals surface area contributed by atoms with Crippen molar-refractivity contribution in [1.82, 2.24) is 19.5 Å². The number of nitrogens with zero attached hydrogens (tertiary/aromatic N) is 4. The van der Waals surface area contributed by atoms with Crippen molar-refractivity contribution in [1.29, 1.82) is 0 Å². The van der Waals surface area contributed by atoms with E-state index in [4.69, 9.17) is 5.84 Å². The summed E-state index contributed by atoms with van der Waals surface area (Å²) in [6.45, 7) is 0.250. The second-order valence-electron chi connectivity index (χ2n) is 6.75. The van der Waals surface area contributed by atoms with Crippen molar-refractivity contribution in [3.63, 3.8) is 0 Å². The molecule has 2 aromatic carbocycles. The zero-order valence-corrected chi connectivity index (χ0v) is 16.0. The molecule has 11 heteroatoms. The lowest BCUT2D eigenvalue weighted by molar-refractivity contribution is 0.403. The molecule has 2 aromatic heterocycles. The maximum absolute atomic E-state index is 13.5. The van der Waals surface area contributed by atoms with Crippen LogP contribution >= 0.6 is 0 Å². The van der Waals surface area contributed by atoms with E-state index in [1.807, 2.05) is 0 Å². The molecule has 0 bridgehead atoms. The zero-order valence-electron chi connectivity index (χ0n) is 16.0. The van der Waals surface area contributed by atoms with E-state index in [1.165, 1.54) is 41.5 Å². The van der Waals surface area contributed by atoms with Gasteiger partial charge in [0.1, 0.15) is 11.2 Å². The Kier molecular flexibility index (Phi) is 5.09. The third-order valence-electron chi connectivity index (χ3n) is 4.64. The third-order valence-corrected chi connectivity index (χ3v) is 4.64. The van der Waals surface area contributed by atoms with E-state index in [0.717, 1.165) is 16.2 Å². The summed E-state index contributed by atoms with van der Waals surface area (Å²) in [5.74, 6) is 5.01. The van der Waals surface area contributed by atoms with Crippen LogP contribution in [0.5, 0.6) is 11.5 Å². The molecule has 0 saturated heterocycles. The second kappa shape index (κ2) is 7.88. The number of hydrogen-bond donors (Lipinski definition) is 4. The van der Waals surface area contributed by atoms with Crippen LogP contribution in [0.3, 0.4) is 0 Å². The van der Waals surface area contributed by atoms with Crippen LogP contribution in [-0.4, -0.2) is 36.3 Å². The smallest absolute Gasteiger partial charge is 0.334 e. The number of benzene rings is 2. The molecule has 0 aliphatic rings. The van der Waals surface area contributed by atoms with E-state index in [-0.39, 0.29) is 40.7 Å². The fourth-order valence-electron chi connectivity index (χ4n) is 3.06. The number of phenolic OH excluding ortho intramolecular Hbond substituents is 2. The van der Waals surface area contributed by atoms with Gasteiger partial charge < -0.3 is 10.2 Å². The molecule has 0 spiro atoms. The van der Waals surface area contributed by atoms with Crippen molar-refractivity contribution < 1.29 is 14.6 Å². The lowest BCUT2D eigenvalue weighted by Gasteiger charge is -2.16. The Morgan fingerprint density at radius 2 is 1.94 bits per heavy atom. The number of H-pyrrole nitrogens is 1. The average molecular weight is 424 g/mol. The summed E-state index contributed by atoms with van der Waals surface area (Å²) in [5.41, 5.74) is -0.687. The molecule has 31 heavy (non-hydrogen) atoms. The Labute approximate surface area is 173 Å². The van der Waals surface area contributed by atoms with Crippen molar-refractivity contribution in [3.8, 4) is 17.2 Å². The number of nitrogens with two attached hydrogens (primary N) is 1. The molecule has 0 fully saturated rings. The van der Waals surface area contributed by atoms with Gasteiger partial charge in [0.05, 0.1) is 5.69 Å². The summed E-state index contributed by atoms with van der Waals surface area (Å²) in [7, 11) is 0. The normalized spacial score (nSPS) is 11.0. The number of hydrogen-bond acceptors (Lipinski definition) is 8. The van der Waals surface area contributed by atoms with Gasteiger partial charge in [0.2, 0.25) is 5.95 Å². The second-order valence-corrected chi connectivity index (χ2v) is 6.75. The highest BCUT2D eigenvalue weighted by molar-refractivity contribution is 5.73. The summed E-state index contributed by atoms with van der Waals surface area (Å²) in [5, 5.41) is 20.2. The molecule has 4 rings (SSSR count). The van der Waals surface area contributed by atoms with Gasteiger partial charge in [-0.15, -0.1) is 0 Å². The molecule has 0 radical (unpaired) electrons. The van der Waals surface area contributed by atoms with Crippen LogP contribution in [-0.2, 0) is 6.42 Å². The van der Waals surface area contributed by atoms with Crippen molar-refractivity contribution >= 4 is 17.0 Å². The van der Waals surface area contributed by atoms with Crippen molar-refractivity contribution in [2.24, 2.45) is 5.84 Å². The number of phenols is 2. The minimum Gasteiger partial charge on any atom is -0.504 e. The number of aromatic amines is 1. The van der Waals surface area contributed by atoms with Crippen LogP contribution in [0.1, 0.15) is 5.56 Å². The summed E-state index contributed by atoms with van der Waals surface area (Å²) in [6, 6.07) is 9.51. The molecule has 0 atom stereocenters. The van der Waals surface area contributed by atoms with Crippen molar-refractivity contribution in [2.45, 2.75) is 6.42 Å². The number of hydrazine groups is 1. The highest BCUT2D eigenvalue weighted by Crippen LogP contribution is 2.25. The van der Waals surface area contributed by atoms with Crippen LogP contribution in [0.25, 0.3) is 16.7 Å². The summed E-state index contributed by atoms with van der Waals surface area (Å²) >= 11 is 0. The van der Waals surface area contributed by atoms with Crippen LogP contribution in [0.4, 0.5) is 10.3 Å². The first-order valence-corrected chi connectivity index (χ1v) is 9.14. The van der Waals surface area contributed by atoms with E-state index < -0.39 is 17.1 Å². The largest absolute Gasteiger partial charge is 0.504 e. The monoisotopic (exact) mass is 424 g/mol. The van der Waals surface area contributed by atoms with Gasteiger partial charge in [-0.3, -0.25) is 14.8 Å². The third kappa shape index (κ3) is 3.94. The summed E-state index contributed by atoms with van der Waals surface area (Å²) in [4.78, 5) is 35.9. The maximum atomic E-state index is 13.5. The lowest BCUT2D eigenvalue weighted by atomic mass is 10.1. The fourth-order valence-corrected chi connectivity index (χ4v) is 3.06. The molecular formula is C20H17FN6O4. The molecular weight excluding hydrogens is 407 g/mol. The molecule has 0 unspecified atom stereocenters. The number of rotatable bonds is 5. The van der Waals surface area contributed by atoms with E-state index in [2.05, 4.69) is 15.0 Å². The maximum Gasteiger partial charge on any atom is 0.334 e. The number of nitrogens with one attached hydrogen (secondary N) is 1. The van der Waals surface area contributed by atoms with Gasteiger partial charge in [-0.05, 0) is 42.3 Å². The molecule has 0 aliphatic carbocycles. The van der Waals surface area contributed by atoms with Gasteiger partial charge in [-0.2, -0.15) is 4.98 Å². The standard InChI is InChI=1S/C20H17FN6O4/c21-12-2-1-3-13(9-12)27-18(30)14-10-23-19(24-17(14)25-20(27)31)26(22)7-6-11-4-5-15(28)16(29)8-11/h1-5,8-10,28-29H,6-7,22H2,(H,23,24,25,31). The van der Waals surface area contributed by atoms with Crippen LogP contribution < -0.4 is 22.1 Å². The number of aromatic nitrogens is 4. The van der Waals surface area contributed by atoms with Crippen LogP contribution in [0, 0.1) is 5.82 Å². The molecule has 10 nitrogen and oxygen atoms in total. The Morgan fingerprint density at radius 3 is 2.68 bits per heavy atom. The average Bonchev–Trinajstić information content (AvgIpc) is 2.74. The SMILES string of the molecule is NN(CCc1ccc(O)c(O)c1)c1ncc2c(=O)n(-c3cccc(F)c3)c(=O)[nH]c2n1. The van der Waals surface area contributed by atoms with E-state index in [1.54, 1.807) is 6.07 Å². The Balaban J connectivity index is 1.63. The molecule has 0 amide bonds. The topological polar surface area (TPSA) is 150 Å². The number of halogens is 1. The van der Waals surface area contributed by atoms with Gasteiger partial charge >= 0.3 is 5.69 Å². The van der Waals surface area contributed by atoms with Gasteiger partial charge in [-0.25, -0.2) is 24.6 Å². The van der Waals surface area contributed by atoms with Crippen LogP contribution in [0.2, 0.25) is 0 Å². The number of anilines is 1. The molecule has 4 aromatic rings. The van der Waals surface area contributed by atoms with Gasteiger partial charge in [0.15, 0.2) is 17.1 Å². The summed E-state index contributed by atoms with van der Waals surface area (Å²) < 4.78 is 14.3. The molecule has 5 N–H and O–H groups in total. The van der Waals surface area contributed by atoms with Gasteiger partial charge in [-0.1, -0.05) is 12.1 Å². The van der Waals surface area contributed by atoms with Gasteiger partial charge in [0.25, 0.3) is 5.56 Å². The minimum atomic E-state index is -0.782. The van der Waals surface area contributed by atoms with Crippen LogP contribution in [0.15, 0.2) is 58.3 Å². The molecule has 0 aliphatic heterocycles. The summed E-state index contributed by atoms with van der Waals surface area (Å²) in [6.07, 6.45) is 1.64. The predicted octanol–water partition coefficient (Wildman–Crippen LogP) is 0.942. The van der Waals surface area contributed by atoms with Gasteiger partial charge in [0, 0.05) is 12.7 Å². The minimum absolute atomic E-state index is 0.00891. The Hall–Kier alpha value is -4.25. The Morgan fingerprint density at radius 1 is 1.13 bits per heavy atom. The zero-order chi connectivity index (χ0) is 22.1. The first-order chi connectivity index (χ1) is 14.8. The quantitative estimate of drug-likeness (QED) is 0.210. The van der Waals surface area contributed by atoms with Crippen molar-refractivity contribution in [2.75, 3.05) is 11.6 Å². The molecule has 2 heterocycles. The molecule has 158 valence electrons. The van der Waals surface area contributed by atoms with E-state index >= 15 is 0 Å². The Bertz CT molecular complexity index is 1400. The van der Waals surface area contributed by atoms with E-state index in [0.29, 0.717) is 6.42 Å². The highest BCUT2D eigenvalue weighted by Gasteiger charge is 2.14. The fraction of sp³-hybridized carbons (Fsp3) is 0.100. The number of aromatic hydroxyl groups is 2. The lowest BCUT2D eigenvalue weighted by Crippen LogP contribution is -2.36. The predicted molar refractivity (Wildman–Crippen MR) is 111 cm³/mol.